The number of pyridine rings is 1. The molecule has 8 heteroatoms. The van der Waals surface area contributed by atoms with E-state index in [0.717, 1.165) is 38.4 Å². The van der Waals surface area contributed by atoms with Crippen LogP contribution in [-0.2, 0) is 10.2 Å². The first kappa shape index (κ1) is 19.1. The quantitative estimate of drug-likeness (QED) is 0.694. The third-order valence-corrected chi connectivity index (χ3v) is 3.97. The van der Waals surface area contributed by atoms with Crippen molar-refractivity contribution in [3.8, 4) is 0 Å². The Labute approximate surface area is 148 Å². The number of nitrogens with one attached hydrogen (secondary N) is 3. The molecule has 0 unspecified atom stereocenters. The van der Waals surface area contributed by atoms with Gasteiger partial charge in [0.2, 0.25) is 0 Å². The number of amides is 3. The lowest BCUT2D eigenvalue weighted by Gasteiger charge is -2.26. The Kier molecular flexibility index (Phi) is 6.72. The van der Waals surface area contributed by atoms with Crippen molar-refractivity contribution < 1.29 is 14.3 Å². The summed E-state index contributed by atoms with van der Waals surface area (Å²) in [5, 5.41) is 2.71. The number of carbonyl (C=O) groups excluding carboxylic acids is 2. The van der Waals surface area contributed by atoms with Crippen molar-refractivity contribution in [1.29, 1.82) is 0 Å². The second kappa shape index (κ2) is 8.77. The summed E-state index contributed by atoms with van der Waals surface area (Å²) in [6.07, 6.45) is 3.21. The number of rotatable bonds is 4. The maximum Gasteiger partial charge on any atom is 0.333 e. The number of carbonyl (C=O) groups is 2. The third-order valence-electron chi connectivity index (χ3n) is 3.97. The van der Waals surface area contributed by atoms with Gasteiger partial charge in [-0.05, 0) is 17.0 Å². The number of urea groups is 1. The minimum Gasteiger partial charge on any atom is -0.379 e. The first-order chi connectivity index (χ1) is 11.9. The maximum atomic E-state index is 12.1. The van der Waals surface area contributed by atoms with Gasteiger partial charge in [0.05, 0.1) is 18.8 Å². The number of morpholine rings is 1. The zero-order chi connectivity index (χ0) is 18.3. The van der Waals surface area contributed by atoms with E-state index in [0.29, 0.717) is 12.1 Å². The fraction of sp³-hybridized carbons (Fsp3) is 0.588. The van der Waals surface area contributed by atoms with Crippen LogP contribution in [0.4, 0.5) is 4.79 Å². The van der Waals surface area contributed by atoms with Gasteiger partial charge >= 0.3 is 6.03 Å². The molecule has 0 aromatic carbocycles. The number of hydrazine groups is 1. The summed E-state index contributed by atoms with van der Waals surface area (Å²) in [6, 6.07) is 1.34. The number of aromatic nitrogens is 1. The lowest BCUT2D eigenvalue weighted by atomic mass is 9.87. The van der Waals surface area contributed by atoms with Crippen molar-refractivity contribution in [3.05, 3.63) is 29.6 Å². The molecule has 2 heterocycles. The minimum atomic E-state index is -0.443. The smallest absolute Gasteiger partial charge is 0.333 e. The van der Waals surface area contributed by atoms with E-state index in [1.165, 1.54) is 6.20 Å². The van der Waals surface area contributed by atoms with Crippen LogP contribution < -0.4 is 16.2 Å². The Morgan fingerprint density at radius 1 is 1.20 bits per heavy atom. The second-order valence-electron chi connectivity index (χ2n) is 7.00. The predicted molar refractivity (Wildman–Crippen MR) is 94.2 cm³/mol. The molecule has 1 aliphatic heterocycles. The third kappa shape index (κ3) is 6.32. The Balaban J connectivity index is 1.73. The molecule has 1 fully saturated rings. The van der Waals surface area contributed by atoms with E-state index in [1.54, 1.807) is 12.3 Å². The fourth-order valence-electron chi connectivity index (χ4n) is 2.36. The van der Waals surface area contributed by atoms with E-state index < -0.39 is 11.9 Å². The van der Waals surface area contributed by atoms with Crippen LogP contribution in [0.3, 0.4) is 0 Å². The van der Waals surface area contributed by atoms with Gasteiger partial charge in [-0.25, -0.2) is 10.2 Å². The Bertz CT molecular complexity index is 594. The van der Waals surface area contributed by atoms with Crippen molar-refractivity contribution in [2.75, 3.05) is 39.4 Å². The van der Waals surface area contributed by atoms with E-state index in [1.807, 2.05) is 20.8 Å². The zero-order valence-corrected chi connectivity index (χ0v) is 15.1. The Morgan fingerprint density at radius 2 is 1.92 bits per heavy atom. The maximum absolute atomic E-state index is 12.1. The van der Waals surface area contributed by atoms with Gasteiger partial charge in [0, 0.05) is 38.6 Å². The summed E-state index contributed by atoms with van der Waals surface area (Å²) < 4.78 is 5.27. The highest BCUT2D eigenvalue weighted by molar-refractivity contribution is 5.95. The van der Waals surface area contributed by atoms with Crippen molar-refractivity contribution >= 4 is 11.9 Å². The molecule has 3 N–H and O–H groups in total. The molecule has 8 nitrogen and oxygen atoms in total. The molecule has 1 aromatic heterocycles. The van der Waals surface area contributed by atoms with Gasteiger partial charge in [0.15, 0.2) is 0 Å². The molecule has 25 heavy (non-hydrogen) atoms. The summed E-state index contributed by atoms with van der Waals surface area (Å²) in [5.74, 6) is -0.401. The molecule has 0 aliphatic carbocycles. The molecular weight excluding hydrogens is 322 g/mol. The summed E-state index contributed by atoms with van der Waals surface area (Å²) in [5.41, 5.74) is 6.00. The monoisotopic (exact) mass is 349 g/mol. The van der Waals surface area contributed by atoms with E-state index in [4.69, 9.17) is 4.74 Å². The van der Waals surface area contributed by atoms with Gasteiger partial charge in [0.1, 0.15) is 0 Å². The molecule has 0 radical (unpaired) electrons. The summed E-state index contributed by atoms with van der Waals surface area (Å²) in [7, 11) is 0. The molecule has 138 valence electrons. The molecule has 0 bridgehead atoms. The molecule has 0 atom stereocenters. The number of nitrogens with zero attached hydrogens (tertiary/aromatic N) is 2. The summed E-state index contributed by atoms with van der Waals surface area (Å²) in [4.78, 5) is 30.2. The van der Waals surface area contributed by atoms with Crippen LogP contribution in [-0.4, -0.2) is 61.2 Å². The van der Waals surface area contributed by atoms with Gasteiger partial charge in [-0.2, -0.15) is 0 Å². The molecule has 2 rings (SSSR count). The van der Waals surface area contributed by atoms with Crippen LogP contribution >= 0.6 is 0 Å². The predicted octanol–water partition coefficient (Wildman–Crippen LogP) is 0.655. The van der Waals surface area contributed by atoms with E-state index in [9.17, 15) is 9.59 Å². The Morgan fingerprint density at radius 3 is 2.60 bits per heavy atom. The first-order valence-electron chi connectivity index (χ1n) is 8.46. The average Bonchev–Trinajstić information content (AvgIpc) is 2.60. The number of hydrogen-bond acceptors (Lipinski definition) is 5. The number of hydrogen-bond donors (Lipinski definition) is 3. The molecule has 1 aliphatic rings. The van der Waals surface area contributed by atoms with Crippen LogP contribution in [0.5, 0.6) is 0 Å². The normalized spacial score (nSPS) is 15.5. The van der Waals surface area contributed by atoms with Crippen molar-refractivity contribution in [2.45, 2.75) is 26.2 Å². The zero-order valence-electron chi connectivity index (χ0n) is 15.1. The summed E-state index contributed by atoms with van der Waals surface area (Å²) >= 11 is 0. The molecule has 0 saturated carbocycles. The molecule has 0 spiro atoms. The van der Waals surface area contributed by atoms with Crippen molar-refractivity contribution in [2.24, 2.45) is 0 Å². The standard InChI is InChI=1S/C17H27N5O3/c1-17(2,3)14-10-13(11-18-12-14)15(23)20-21-16(24)19-4-5-22-6-8-25-9-7-22/h10-12H,4-9H2,1-3H3,(H,20,23)(H2,19,21,24). The minimum absolute atomic E-state index is 0.104. The van der Waals surface area contributed by atoms with E-state index in [2.05, 4.69) is 26.1 Å². The molecule has 3 amide bonds. The SMILES string of the molecule is CC(C)(C)c1cncc(C(=O)NNC(=O)NCCN2CCOCC2)c1. The number of ether oxygens (including phenoxy) is 1. The highest BCUT2D eigenvalue weighted by Crippen LogP contribution is 2.21. The molecular formula is C17H27N5O3. The lowest BCUT2D eigenvalue weighted by molar-refractivity contribution is 0.0387. The highest BCUT2D eigenvalue weighted by atomic mass is 16.5. The first-order valence-corrected chi connectivity index (χ1v) is 8.46. The lowest BCUT2D eigenvalue weighted by Crippen LogP contribution is -2.49. The van der Waals surface area contributed by atoms with Gasteiger partial charge in [-0.3, -0.25) is 20.1 Å². The second-order valence-corrected chi connectivity index (χ2v) is 7.00. The van der Waals surface area contributed by atoms with Crippen molar-refractivity contribution in [1.82, 2.24) is 26.1 Å². The van der Waals surface area contributed by atoms with Crippen LogP contribution in [0.1, 0.15) is 36.7 Å². The van der Waals surface area contributed by atoms with Crippen LogP contribution in [0, 0.1) is 0 Å². The topological polar surface area (TPSA) is 95.6 Å². The highest BCUT2D eigenvalue weighted by Gasteiger charge is 2.16. The van der Waals surface area contributed by atoms with Crippen LogP contribution in [0.15, 0.2) is 18.5 Å². The van der Waals surface area contributed by atoms with Gasteiger partial charge in [-0.15, -0.1) is 0 Å². The van der Waals surface area contributed by atoms with E-state index in [-0.39, 0.29) is 5.41 Å². The van der Waals surface area contributed by atoms with E-state index >= 15 is 0 Å². The summed E-state index contributed by atoms with van der Waals surface area (Å²) in [6.45, 7) is 10.6. The molecule has 1 saturated heterocycles. The fourth-order valence-corrected chi connectivity index (χ4v) is 2.36. The average molecular weight is 349 g/mol. The van der Waals surface area contributed by atoms with Crippen LogP contribution in [0.25, 0.3) is 0 Å². The van der Waals surface area contributed by atoms with Crippen molar-refractivity contribution in [3.63, 3.8) is 0 Å². The molecule has 1 aromatic rings. The largest absolute Gasteiger partial charge is 0.379 e. The van der Waals surface area contributed by atoms with Gasteiger partial charge in [0.25, 0.3) is 5.91 Å². The van der Waals surface area contributed by atoms with Gasteiger partial charge in [-0.1, -0.05) is 20.8 Å². The van der Waals surface area contributed by atoms with Gasteiger partial charge < -0.3 is 10.1 Å². The Hall–Kier alpha value is -2.19. The van der Waals surface area contributed by atoms with Crippen LogP contribution in [0.2, 0.25) is 0 Å².